The molecule has 0 saturated carbocycles. The topological polar surface area (TPSA) is 0 Å². The lowest BCUT2D eigenvalue weighted by atomic mass is 10.1. The van der Waals surface area contributed by atoms with Crippen LogP contribution in [0.3, 0.4) is 0 Å². The van der Waals surface area contributed by atoms with Crippen molar-refractivity contribution in [2.75, 3.05) is 0 Å². The monoisotopic (exact) mass is 262 g/mol. The van der Waals surface area contributed by atoms with Gasteiger partial charge in [0, 0.05) is 4.47 Å². The zero-order valence-electron chi connectivity index (χ0n) is 9.39. The van der Waals surface area contributed by atoms with E-state index in [1.54, 1.807) is 0 Å². The summed E-state index contributed by atoms with van der Waals surface area (Å²) in [6, 6.07) is 8.97. The van der Waals surface area contributed by atoms with Gasteiger partial charge in [0.05, 0.1) is 0 Å². The maximum absolute atomic E-state index is 3.60. The first-order valence-electron chi connectivity index (χ1n) is 5.32. The Labute approximate surface area is 99.8 Å². The molecule has 0 unspecified atom stereocenters. The summed E-state index contributed by atoms with van der Waals surface area (Å²) in [4.78, 5) is 0. The Morgan fingerprint density at radius 3 is 2.47 bits per heavy atom. The van der Waals surface area contributed by atoms with Gasteiger partial charge in [0.2, 0.25) is 0 Å². The van der Waals surface area contributed by atoms with Crippen LogP contribution in [0.15, 0.2) is 28.7 Å². The lowest BCUT2D eigenvalue weighted by Crippen LogP contribution is -1.77. The van der Waals surface area contributed by atoms with E-state index in [1.807, 2.05) is 0 Å². The molecule has 2 rings (SSSR count). The van der Waals surface area contributed by atoms with Crippen molar-refractivity contribution in [3.63, 3.8) is 0 Å². The molecule has 0 heterocycles. The summed E-state index contributed by atoms with van der Waals surface area (Å²) >= 11 is 3.60. The molecule has 0 aromatic rings. The van der Waals surface area contributed by atoms with E-state index in [0.717, 1.165) is 6.42 Å². The molecule has 0 aromatic carbocycles. The van der Waals surface area contributed by atoms with Gasteiger partial charge in [-0.15, -0.1) is 0 Å². The van der Waals surface area contributed by atoms with Crippen LogP contribution < -0.4 is 0 Å². The molecule has 15 heavy (non-hydrogen) atoms. The Kier molecular flexibility index (Phi) is 2.83. The Hall–Kier alpha value is -0.820. The van der Waals surface area contributed by atoms with E-state index in [4.69, 9.17) is 0 Å². The van der Waals surface area contributed by atoms with Crippen molar-refractivity contribution >= 4 is 15.9 Å². The van der Waals surface area contributed by atoms with Gasteiger partial charge in [-0.2, -0.15) is 0 Å². The smallest absolute Gasteiger partial charge is 0.0216 e. The molecule has 0 aromatic heterocycles. The highest BCUT2D eigenvalue weighted by Crippen LogP contribution is 2.36. The van der Waals surface area contributed by atoms with Gasteiger partial charge in [-0.05, 0) is 54.2 Å². The first-order valence-corrected chi connectivity index (χ1v) is 6.11. The molecule has 0 N–H and O–H groups in total. The van der Waals surface area contributed by atoms with Gasteiger partial charge in [0.1, 0.15) is 0 Å². The molecule has 0 aliphatic heterocycles. The zero-order valence-corrected chi connectivity index (χ0v) is 11.0. The summed E-state index contributed by atoms with van der Waals surface area (Å²) in [6.45, 7) is 6.54. The van der Waals surface area contributed by atoms with Crippen LogP contribution in [0, 0.1) is 13.8 Å². The van der Waals surface area contributed by atoms with Crippen LogP contribution in [0.4, 0.5) is 0 Å². The quantitative estimate of drug-likeness (QED) is 0.697. The van der Waals surface area contributed by atoms with Crippen molar-refractivity contribution in [3.8, 4) is 11.1 Å². The fraction of sp³-hybridized carbons (Fsp3) is 0.286. The molecule has 2 aliphatic rings. The van der Waals surface area contributed by atoms with E-state index in [0.29, 0.717) is 0 Å². The molecule has 0 atom stereocenters. The maximum atomic E-state index is 3.60. The Bertz CT molecular complexity index is 471. The third-order valence-corrected chi connectivity index (χ3v) is 3.86. The number of halogens is 1. The number of fused-ring (bicyclic) bond motifs is 1. The van der Waals surface area contributed by atoms with E-state index < -0.39 is 0 Å². The average molecular weight is 263 g/mol. The molecule has 1 heteroatoms. The maximum Gasteiger partial charge on any atom is 0.0216 e. The lowest BCUT2D eigenvalue weighted by molar-refractivity contribution is 1.15. The normalized spacial score (nSPS) is 10.9. The predicted octanol–water partition coefficient (Wildman–Crippen LogP) is 4.73. The molecule has 78 valence electrons. The predicted molar refractivity (Wildman–Crippen MR) is 69.6 cm³/mol. The van der Waals surface area contributed by atoms with Crippen LogP contribution in [0.25, 0.3) is 11.1 Å². The standard InChI is InChI=1S/C14H15Br/c1-4-11-6-5-9(2)12-8-14(15)10(3)13(12)7-11/h5-8H,4H2,1-3H3. The minimum absolute atomic E-state index is 1.09. The molecule has 0 nitrogen and oxygen atoms in total. The van der Waals surface area contributed by atoms with Gasteiger partial charge in [-0.25, -0.2) is 0 Å². The molecule has 0 amide bonds. The van der Waals surface area contributed by atoms with Gasteiger partial charge in [-0.1, -0.05) is 41.1 Å². The SMILES string of the molecule is CCc1ccc(C)c2cc(Br)c(C)c-2c1. The van der Waals surface area contributed by atoms with Crippen LogP contribution in [0.5, 0.6) is 0 Å². The van der Waals surface area contributed by atoms with Crippen molar-refractivity contribution in [2.24, 2.45) is 0 Å². The third-order valence-electron chi connectivity index (χ3n) is 3.03. The molecular formula is C14H15Br. The van der Waals surface area contributed by atoms with Gasteiger partial charge in [-0.3, -0.25) is 0 Å². The fourth-order valence-corrected chi connectivity index (χ4v) is 2.37. The molecular weight excluding hydrogens is 248 g/mol. The lowest BCUT2D eigenvalue weighted by Gasteiger charge is -1.98. The molecule has 0 bridgehead atoms. The van der Waals surface area contributed by atoms with E-state index in [-0.39, 0.29) is 0 Å². The summed E-state index contributed by atoms with van der Waals surface area (Å²) < 4.78 is 1.22. The summed E-state index contributed by atoms with van der Waals surface area (Å²) in [7, 11) is 0. The molecule has 0 saturated heterocycles. The number of hydrogen-bond donors (Lipinski definition) is 0. The van der Waals surface area contributed by atoms with Crippen LogP contribution in [-0.4, -0.2) is 0 Å². The molecule has 0 radical (unpaired) electrons. The van der Waals surface area contributed by atoms with Crippen molar-refractivity contribution in [1.29, 1.82) is 0 Å². The Balaban J connectivity index is 2.79. The first-order chi connectivity index (χ1) is 7.13. The van der Waals surface area contributed by atoms with Gasteiger partial charge in [0.15, 0.2) is 0 Å². The van der Waals surface area contributed by atoms with Crippen molar-refractivity contribution in [1.82, 2.24) is 0 Å². The fourth-order valence-electron chi connectivity index (χ4n) is 1.93. The van der Waals surface area contributed by atoms with Crippen LogP contribution in [0.1, 0.15) is 23.6 Å². The molecule has 0 spiro atoms. The van der Waals surface area contributed by atoms with Crippen molar-refractivity contribution < 1.29 is 0 Å². The summed E-state index contributed by atoms with van der Waals surface area (Å²) in [6.07, 6.45) is 1.09. The molecule has 2 aliphatic carbocycles. The highest BCUT2D eigenvalue weighted by atomic mass is 79.9. The largest absolute Gasteiger partial charge is 0.0613 e. The van der Waals surface area contributed by atoms with Crippen LogP contribution >= 0.6 is 15.9 Å². The van der Waals surface area contributed by atoms with E-state index in [2.05, 4.69) is 61.0 Å². The minimum Gasteiger partial charge on any atom is -0.0613 e. The number of hydrogen-bond acceptors (Lipinski definition) is 0. The van der Waals surface area contributed by atoms with Crippen molar-refractivity contribution in [2.45, 2.75) is 27.2 Å². The van der Waals surface area contributed by atoms with Gasteiger partial charge < -0.3 is 0 Å². The highest BCUT2D eigenvalue weighted by molar-refractivity contribution is 9.10. The van der Waals surface area contributed by atoms with Crippen LogP contribution in [-0.2, 0) is 6.42 Å². The second-order valence-corrected chi connectivity index (χ2v) is 4.89. The van der Waals surface area contributed by atoms with Crippen LogP contribution in [0.2, 0.25) is 0 Å². The van der Waals surface area contributed by atoms with E-state index in [9.17, 15) is 0 Å². The average Bonchev–Trinajstić information content (AvgIpc) is 2.42. The van der Waals surface area contributed by atoms with Crippen molar-refractivity contribution in [3.05, 3.63) is 45.4 Å². The summed E-state index contributed by atoms with van der Waals surface area (Å²) in [5.74, 6) is 0. The number of aryl methyl sites for hydroxylation is 2. The highest BCUT2D eigenvalue weighted by Gasteiger charge is 2.12. The van der Waals surface area contributed by atoms with E-state index in [1.165, 1.54) is 32.3 Å². The Morgan fingerprint density at radius 1 is 1.07 bits per heavy atom. The second-order valence-electron chi connectivity index (χ2n) is 4.03. The third kappa shape index (κ3) is 1.81. The summed E-state index contributed by atoms with van der Waals surface area (Å²) in [5, 5.41) is 0. The zero-order chi connectivity index (χ0) is 11.0. The summed E-state index contributed by atoms with van der Waals surface area (Å²) in [5.41, 5.74) is 6.83. The van der Waals surface area contributed by atoms with E-state index >= 15 is 0 Å². The second kappa shape index (κ2) is 3.97. The Morgan fingerprint density at radius 2 is 1.80 bits per heavy atom. The molecule has 0 fully saturated rings. The first kappa shape index (κ1) is 10.7. The minimum atomic E-state index is 1.09. The van der Waals surface area contributed by atoms with Gasteiger partial charge in [0.25, 0.3) is 0 Å². The number of rotatable bonds is 1. The van der Waals surface area contributed by atoms with Gasteiger partial charge >= 0.3 is 0 Å².